The number of rotatable bonds is 6. The predicted molar refractivity (Wildman–Crippen MR) is 39.6 cm³/mol. The molecule has 1 atom stereocenters. The van der Waals surface area contributed by atoms with Crippen molar-refractivity contribution in [3.8, 4) is 0 Å². The zero-order chi connectivity index (χ0) is 7.82. The summed E-state index contributed by atoms with van der Waals surface area (Å²) in [5, 5.41) is 11.9. The van der Waals surface area contributed by atoms with Crippen LogP contribution in [0.5, 0.6) is 0 Å². The summed E-state index contributed by atoms with van der Waals surface area (Å²) in [5.41, 5.74) is 5.20. The standard InChI is InChI=1S/C6H16N2O2/c1-2-10-6(9)5-8-4-3-7/h6,8-9H,2-5,7H2,1H3. The molecule has 10 heavy (non-hydrogen) atoms. The summed E-state index contributed by atoms with van der Waals surface area (Å²) in [6.07, 6.45) is -0.698. The molecule has 0 amide bonds. The second-order valence-corrected chi connectivity index (χ2v) is 1.90. The summed E-state index contributed by atoms with van der Waals surface area (Å²) < 4.78 is 4.84. The highest BCUT2D eigenvalue weighted by Crippen LogP contribution is 1.81. The lowest BCUT2D eigenvalue weighted by Crippen LogP contribution is -2.32. The van der Waals surface area contributed by atoms with Gasteiger partial charge < -0.3 is 20.9 Å². The minimum Gasteiger partial charge on any atom is -0.367 e. The molecule has 0 aromatic heterocycles. The maximum atomic E-state index is 8.95. The summed E-state index contributed by atoms with van der Waals surface area (Å²) in [5.74, 6) is 0. The van der Waals surface area contributed by atoms with Crippen molar-refractivity contribution in [1.82, 2.24) is 5.32 Å². The number of aliphatic hydroxyl groups is 1. The Labute approximate surface area is 61.4 Å². The summed E-state index contributed by atoms with van der Waals surface area (Å²) >= 11 is 0. The summed E-state index contributed by atoms with van der Waals surface area (Å²) in [4.78, 5) is 0. The van der Waals surface area contributed by atoms with Gasteiger partial charge in [0, 0.05) is 26.2 Å². The molecule has 0 aromatic carbocycles. The van der Waals surface area contributed by atoms with Crippen LogP contribution >= 0.6 is 0 Å². The van der Waals surface area contributed by atoms with Crippen LogP contribution in [-0.2, 0) is 4.74 Å². The van der Waals surface area contributed by atoms with E-state index in [2.05, 4.69) is 5.32 Å². The lowest BCUT2D eigenvalue weighted by Gasteiger charge is -2.10. The molecule has 0 spiro atoms. The molecule has 0 saturated heterocycles. The van der Waals surface area contributed by atoms with Gasteiger partial charge in [0.25, 0.3) is 0 Å². The quantitative estimate of drug-likeness (QED) is 0.330. The summed E-state index contributed by atoms with van der Waals surface area (Å²) in [7, 11) is 0. The van der Waals surface area contributed by atoms with Gasteiger partial charge >= 0.3 is 0 Å². The Morgan fingerprint density at radius 3 is 2.90 bits per heavy atom. The molecule has 0 aliphatic rings. The highest BCUT2D eigenvalue weighted by atomic mass is 16.6. The lowest BCUT2D eigenvalue weighted by molar-refractivity contribution is -0.0911. The first kappa shape index (κ1) is 9.84. The fourth-order valence-corrected chi connectivity index (χ4v) is 0.579. The number of ether oxygens (including phenoxy) is 1. The van der Waals surface area contributed by atoms with Crippen molar-refractivity contribution in [1.29, 1.82) is 0 Å². The molecule has 0 radical (unpaired) electrons. The number of aliphatic hydroxyl groups excluding tert-OH is 1. The molecule has 0 aromatic rings. The van der Waals surface area contributed by atoms with Gasteiger partial charge in [-0.15, -0.1) is 0 Å². The van der Waals surface area contributed by atoms with E-state index in [1.54, 1.807) is 0 Å². The van der Waals surface area contributed by atoms with Gasteiger partial charge in [-0.05, 0) is 6.92 Å². The maximum Gasteiger partial charge on any atom is 0.167 e. The Balaban J connectivity index is 2.97. The van der Waals surface area contributed by atoms with Crippen LogP contribution in [0.1, 0.15) is 6.92 Å². The Bertz CT molecular complexity index is 70.8. The smallest absolute Gasteiger partial charge is 0.167 e. The zero-order valence-electron chi connectivity index (χ0n) is 6.34. The second kappa shape index (κ2) is 6.95. The molecule has 0 aliphatic carbocycles. The van der Waals surface area contributed by atoms with Gasteiger partial charge in [-0.3, -0.25) is 0 Å². The zero-order valence-corrected chi connectivity index (χ0v) is 6.34. The fraction of sp³-hybridized carbons (Fsp3) is 1.00. The average Bonchev–Trinajstić information content (AvgIpc) is 1.89. The van der Waals surface area contributed by atoms with Crippen molar-refractivity contribution in [3.05, 3.63) is 0 Å². The van der Waals surface area contributed by atoms with E-state index in [0.717, 1.165) is 0 Å². The van der Waals surface area contributed by atoms with Crippen LogP contribution in [0.4, 0.5) is 0 Å². The first-order valence-electron chi connectivity index (χ1n) is 3.51. The maximum absolute atomic E-state index is 8.95. The molecule has 0 aliphatic heterocycles. The molecule has 1 unspecified atom stereocenters. The van der Waals surface area contributed by atoms with Gasteiger partial charge in [-0.1, -0.05) is 0 Å². The Morgan fingerprint density at radius 2 is 2.40 bits per heavy atom. The van der Waals surface area contributed by atoms with Gasteiger partial charge in [0.2, 0.25) is 0 Å². The summed E-state index contributed by atoms with van der Waals surface area (Å²) in [6, 6.07) is 0. The normalized spacial score (nSPS) is 13.5. The van der Waals surface area contributed by atoms with E-state index in [-0.39, 0.29) is 0 Å². The molecule has 4 nitrogen and oxygen atoms in total. The molecular weight excluding hydrogens is 132 g/mol. The van der Waals surface area contributed by atoms with E-state index in [1.165, 1.54) is 0 Å². The number of hydrogen-bond acceptors (Lipinski definition) is 4. The highest BCUT2D eigenvalue weighted by Gasteiger charge is 1.99. The van der Waals surface area contributed by atoms with E-state index < -0.39 is 6.29 Å². The van der Waals surface area contributed by atoms with Crippen LogP contribution in [0.2, 0.25) is 0 Å². The molecule has 4 heteroatoms. The van der Waals surface area contributed by atoms with Crippen LogP contribution in [0.25, 0.3) is 0 Å². The van der Waals surface area contributed by atoms with Crippen molar-refractivity contribution in [2.45, 2.75) is 13.2 Å². The SMILES string of the molecule is CCOC(O)CNCCN. The third-order valence-corrected chi connectivity index (χ3v) is 0.999. The molecule has 0 fully saturated rings. The van der Waals surface area contributed by atoms with Gasteiger partial charge in [0.15, 0.2) is 6.29 Å². The van der Waals surface area contributed by atoms with Crippen molar-refractivity contribution < 1.29 is 9.84 Å². The van der Waals surface area contributed by atoms with E-state index in [1.807, 2.05) is 6.92 Å². The third-order valence-electron chi connectivity index (χ3n) is 0.999. The lowest BCUT2D eigenvalue weighted by atomic mass is 10.5. The second-order valence-electron chi connectivity index (χ2n) is 1.90. The molecule has 4 N–H and O–H groups in total. The monoisotopic (exact) mass is 148 g/mol. The van der Waals surface area contributed by atoms with E-state index in [9.17, 15) is 0 Å². The van der Waals surface area contributed by atoms with Crippen molar-refractivity contribution >= 4 is 0 Å². The topological polar surface area (TPSA) is 67.5 Å². The van der Waals surface area contributed by atoms with E-state index >= 15 is 0 Å². The molecule has 0 bridgehead atoms. The average molecular weight is 148 g/mol. The van der Waals surface area contributed by atoms with Gasteiger partial charge in [0.1, 0.15) is 0 Å². The largest absolute Gasteiger partial charge is 0.367 e. The third kappa shape index (κ3) is 5.97. The minimum absolute atomic E-state index is 0.449. The first-order valence-corrected chi connectivity index (χ1v) is 3.51. The van der Waals surface area contributed by atoms with E-state index in [0.29, 0.717) is 26.2 Å². The Hall–Kier alpha value is -0.160. The van der Waals surface area contributed by atoms with Gasteiger partial charge in [0.05, 0.1) is 0 Å². The van der Waals surface area contributed by atoms with Crippen LogP contribution in [0.3, 0.4) is 0 Å². The van der Waals surface area contributed by atoms with Gasteiger partial charge in [-0.2, -0.15) is 0 Å². The van der Waals surface area contributed by atoms with Crippen molar-refractivity contribution in [3.63, 3.8) is 0 Å². The fourth-order valence-electron chi connectivity index (χ4n) is 0.579. The van der Waals surface area contributed by atoms with Crippen molar-refractivity contribution in [2.24, 2.45) is 5.73 Å². The van der Waals surface area contributed by atoms with Crippen molar-refractivity contribution in [2.75, 3.05) is 26.2 Å². The van der Waals surface area contributed by atoms with Crippen LogP contribution in [0.15, 0.2) is 0 Å². The molecular formula is C6H16N2O2. The van der Waals surface area contributed by atoms with E-state index in [4.69, 9.17) is 15.6 Å². The number of nitrogens with two attached hydrogens (primary N) is 1. The van der Waals surface area contributed by atoms with Crippen LogP contribution < -0.4 is 11.1 Å². The summed E-state index contributed by atoms with van der Waals surface area (Å²) in [6.45, 7) is 4.12. The first-order chi connectivity index (χ1) is 4.81. The number of nitrogens with one attached hydrogen (secondary N) is 1. The molecule has 62 valence electrons. The Morgan fingerprint density at radius 1 is 1.70 bits per heavy atom. The predicted octanol–water partition coefficient (Wildman–Crippen LogP) is -1.11. The minimum atomic E-state index is -0.698. The van der Waals surface area contributed by atoms with Crippen LogP contribution in [-0.4, -0.2) is 37.6 Å². The highest BCUT2D eigenvalue weighted by molar-refractivity contribution is 4.48. The number of hydrogen-bond donors (Lipinski definition) is 3. The molecule has 0 heterocycles. The molecule has 0 rings (SSSR count). The van der Waals surface area contributed by atoms with Gasteiger partial charge in [-0.25, -0.2) is 0 Å². The van der Waals surface area contributed by atoms with Crippen LogP contribution in [0, 0.1) is 0 Å². The molecule has 0 saturated carbocycles. The Kier molecular flexibility index (Phi) is 6.84.